The van der Waals surface area contributed by atoms with Crippen molar-refractivity contribution in [2.45, 2.75) is 6.92 Å². The van der Waals surface area contributed by atoms with Crippen molar-refractivity contribution in [1.29, 1.82) is 0 Å². The first kappa shape index (κ1) is 12.8. The molecule has 2 rings (SSSR count). The second-order valence-corrected chi connectivity index (χ2v) is 3.44. The van der Waals surface area contributed by atoms with Gasteiger partial charge in [0.05, 0.1) is 0 Å². The van der Waals surface area contributed by atoms with Crippen LogP contribution < -0.4 is 0 Å². The summed E-state index contributed by atoms with van der Waals surface area (Å²) in [7, 11) is 0. The summed E-state index contributed by atoms with van der Waals surface area (Å²) in [5.41, 5.74) is 1.18. The molecule has 88 valence electrons. The maximum Gasteiger partial charge on any atom is 0.150 e. The van der Waals surface area contributed by atoms with Crippen LogP contribution in [0.25, 0.3) is 0 Å². The van der Waals surface area contributed by atoms with E-state index in [4.69, 9.17) is 10.2 Å². The van der Waals surface area contributed by atoms with Crippen molar-refractivity contribution in [1.82, 2.24) is 0 Å². The van der Waals surface area contributed by atoms with E-state index in [-0.39, 0.29) is 5.75 Å². The van der Waals surface area contributed by atoms with E-state index in [9.17, 15) is 4.79 Å². The zero-order valence-corrected chi connectivity index (χ0v) is 9.50. The lowest BCUT2D eigenvalue weighted by Gasteiger charge is -1.98. The molecular weight excluding hydrogens is 216 g/mol. The van der Waals surface area contributed by atoms with Crippen LogP contribution >= 0.6 is 0 Å². The fourth-order valence-electron chi connectivity index (χ4n) is 1.20. The van der Waals surface area contributed by atoms with Gasteiger partial charge in [0.1, 0.15) is 17.8 Å². The molecule has 0 fully saturated rings. The highest BCUT2D eigenvalue weighted by atomic mass is 16.3. The fraction of sp³-hybridized carbons (Fsp3) is 0.0714. The Labute approximate surface area is 100.0 Å². The highest BCUT2D eigenvalue weighted by Gasteiger charge is 1.98. The van der Waals surface area contributed by atoms with Crippen molar-refractivity contribution < 1.29 is 15.0 Å². The maximum absolute atomic E-state index is 10.3. The van der Waals surface area contributed by atoms with Gasteiger partial charge >= 0.3 is 0 Å². The minimum Gasteiger partial charge on any atom is -0.508 e. The molecule has 0 spiro atoms. The van der Waals surface area contributed by atoms with Gasteiger partial charge in [-0.3, -0.25) is 4.79 Å². The number of rotatable bonds is 1. The van der Waals surface area contributed by atoms with Crippen molar-refractivity contribution >= 4 is 6.29 Å². The van der Waals surface area contributed by atoms with Gasteiger partial charge in [-0.25, -0.2) is 0 Å². The van der Waals surface area contributed by atoms with E-state index in [0.29, 0.717) is 16.9 Å². The summed E-state index contributed by atoms with van der Waals surface area (Å²) in [6, 6.07) is 13.6. The Hall–Kier alpha value is -2.29. The molecule has 2 aromatic carbocycles. The third-order valence-corrected chi connectivity index (χ3v) is 2.23. The lowest BCUT2D eigenvalue weighted by molar-refractivity contribution is 0.112. The first-order chi connectivity index (χ1) is 8.15. The van der Waals surface area contributed by atoms with Crippen molar-refractivity contribution in [3.05, 3.63) is 59.7 Å². The van der Waals surface area contributed by atoms with Gasteiger partial charge in [-0.2, -0.15) is 0 Å². The van der Waals surface area contributed by atoms with Gasteiger partial charge in [0.25, 0.3) is 0 Å². The van der Waals surface area contributed by atoms with Gasteiger partial charge in [-0.05, 0) is 25.1 Å². The zero-order valence-electron chi connectivity index (χ0n) is 9.50. The number of hydrogen-bond acceptors (Lipinski definition) is 3. The lowest BCUT2D eigenvalue weighted by Crippen LogP contribution is -1.84. The monoisotopic (exact) mass is 230 g/mol. The summed E-state index contributed by atoms with van der Waals surface area (Å²) in [6.07, 6.45) is 0.731. The Kier molecular flexibility index (Phi) is 4.76. The maximum atomic E-state index is 10.3. The Bertz CT molecular complexity index is 478. The van der Waals surface area contributed by atoms with Crippen LogP contribution in [0.5, 0.6) is 11.5 Å². The van der Waals surface area contributed by atoms with Gasteiger partial charge in [0.2, 0.25) is 0 Å². The van der Waals surface area contributed by atoms with Crippen molar-refractivity contribution in [3.8, 4) is 11.5 Å². The molecule has 0 bridgehead atoms. The standard InChI is InChI=1S/C8H8O2.C6H6O/c1-6-7(5-9)3-2-4-8(6)10;7-6-4-2-1-3-5-6/h2-5,10H,1H3;1-5,7H. The van der Waals surface area contributed by atoms with Crippen LogP contribution in [0, 0.1) is 6.92 Å². The van der Waals surface area contributed by atoms with Crippen LogP contribution in [0.3, 0.4) is 0 Å². The highest BCUT2D eigenvalue weighted by Crippen LogP contribution is 2.17. The fourth-order valence-corrected chi connectivity index (χ4v) is 1.20. The average Bonchev–Trinajstić information content (AvgIpc) is 2.34. The topological polar surface area (TPSA) is 57.5 Å². The molecule has 0 aliphatic rings. The third-order valence-electron chi connectivity index (χ3n) is 2.23. The molecule has 2 N–H and O–H groups in total. The Morgan fingerprint density at radius 2 is 1.59 bits per heavy atom. The molecule has 0 heterocycles. The predicted molar refractivity (Wildman–Crippen MR) is 66.3 cm³/mol. The van der Waals surface area contributed by atoms with Crippen LogP contribution in [-0.2, 0) is 0 Å². The molecule has 3 heteroatoms. The number of benzene rings is 2. The van der Waals surface area contributed by atoms with Crippen molar-refractivity contribution in [2.24, 2.45) is 0 Å². The number of aromatic hydroxyl groups is 2. The van der Waals surface area contributed by atoms with Crippen LogP contribution in [0.1, 0.15) is 15.9 Å². The van der Waals surface area contributed by atoms with Gasteiger partial charge in [0, 0.05) is 11.1 Å². The summed E-state index contributed by atoms with van der Waals surface area (Å²) >= 11 is 0. The summed E-state index contributed by atoms with van der Waals surface area (Å²) in [4.78, 5) is 10.3. The number of para-hydroxylation sites is 1. The van der Waals surface area contributed by atoms with Crippen molar-refractivity contribution in [3.63, 3.8) is 0 Å². The second-order valence-electron chi connectivity index (χ2n) is 3.44. The number of carbonyl (C=O) groups is 1. The number of hydrogen-bond donors (Lipinski definition) is 2. The Morgan fingerprint density at radius 1 is 0.941 bits per heavy atom. The molecule has 0 aromatic heterocycles. The minimum absolute atomic E-state index is 0.171. The first-order valence-electron chi connectivity index (χ1n) is 5.13. The number of aldehydes is 1. The van der Waals surface area contributed by atoms with Crippen LogP contribution in [-0.4, -0.2) is 16.5 Å². The zero-order chi connectivity index (χ0) is 12.7. The van der Waals surface area contributed by atoms with E-state index in [1.165, 1.54) is 0 Å². The molecular formula is C14H14O3. The molecule has 0 saturated heterocycles. The van der Waals surface area contributed by atoms with E-state index in [1.807, 2.05) is 6.07 Å². The van der Waals surface area contributed by atoms with E-state index >= 15 is 0 Å². The molecule has 0 saturated carbocycles. The normalized spacial score (nSPS) is 9.00. The molecule has 0 atom stereocenters. The average molecular weight is 230 g/mol. The van der Waals surface area contributed by atoms with Crippen LogP contribution in [0.15, 0.2) is 48.5 Å². The van der Waals surface area contributed by atoms with Gasteiger partial charge in [-0.15, -0.1) is 0 Å². The molecule has 0 amide bonds. The smallest absolute Gasteiger partial charge is 0.150 e. The molecule has 0 unspecified atom stereocenters. The lowest BCUT2D eigenvalue weighted by atomic mass is 10.1. The summed E-state index contributed by atoms with van der Waals surface area (Å²) in [5, 5.41) is 17.7. The molecule has 0 radical (unpaired) electrons. The summed E-state index contributed by atoms with van der Waals surface area (Å²) in [6.45, 7) is 1.71. The third kappa shape index (κ3) is 3.99. The van der Waals surface area contributed by atoms with Crippen molar-refractivity contribution in [2.75, 3.05) is 0 Å². The van der Waals surface area contributed by atoms with Gasteiger partial charge in [-0.1, -0.05) is 30.3 Å². The molecule has 2 aromatic rings. The van der Waals surface area contributed by atoms with E-state index in [2.05, 4.69) is 0 Å². The van der Waals surface area contributed by atoms with Crippen LogP contribution in [0.4, 0.5) is 0 Å². The van der Waals surface area contributed by atoms with E-state index in [1.54, 1.807) is 49.4 Å². The quantitative estimate of drug-likeness (QED) is 0.740. The SMILES string of the molecule is Cc1c(O)cccc1C=O.Oc1ccccc1. The minimum atomic E-state index is 0.171. The number of phenolic OH excluding ortho intramolecular Hbond substituents is 2. The molecule has 3 nitrogen and oxygen atoms in total. The molecule has 0 aliphatic carbocycles. The van der Waals surface area contributed by atoms with E-state index in [0.717, 1.165) is 6.29 Å². The predicted octanol–water partition coefficient (Wildman–Crippen LogP) is 2.91. The first-order valence-corrected chi connectivity index (χ1v) is 5.13. The Morgan fingerprint density at radius 3 is 2.00 bits per heavy atom. The summed E-state index contributed by atoms with van der Waals surface area (Å²) in [5.74, 6) is 0.493. The van der Waals surface area contributed by atoms with Crippen LogP contribution in [0.2, 0.25) is 0 Å². The highest BCUT2D eigenvalue weighted by molar-refractivity contribution is 5.78. The molecule has 17 heavy (non-hydrogen) atoms. The number of carbonyl (C=O) groups excluding carboxylic acids is 1. The summed E-state index contributed by atoms with van der Waals surface area (Å²) < 4.78 is 0. The Balaban J connectivity index is 0.000000181. The van der Waals surface area contributed by atoms with Gasteiger partial charge < -0.3 is 10.2 Å². The second kappa shape index (κ2) is 6.33. The molecule has 0 aliphatic heterocycles. The van der Waals surface area contributed by atoms with Gasteiger partial charge in [0.15, 0.2) is 0 Å². The van der Waals surface area contributed by atoms with E-state index < -0.39 is 0 Å². The number of phenols is 2. The largest absolute Gasteiger partial charge is 0.508 e.